The number of nitrogens with one attached hydrogen (secondary N) is 1. The van der Waals surface area contributed by atoms with E-state index >= 15 is 0 Å². The number of hydrogen-bond acceptors (Lipinski definition) is 4. The summed E-state index contributed by atoms with van der Waals surface area (Å²) in [6, 6.07) is 8.33. The summed E-state index contributed by atoms with van der Waals surface area (Å²) in [6.45, 7) is 0.354. The first-order valence-corrected chi connectivity index (χ1v) is 11.4. The van der Waals surface area contributed by atoms with E-state index in [1.165, 1.54) is 0 Å². The van der Waals surface area contributed by atoms with E-state index < -0.39 is 11.6 Å². The molecule has 1 aliphatic rings. The Morgan fingerprint density at radius 1 is 1.12 bits per heavy atom. The van der Waals surface area contributed by atoms with Crippen LogP contribution in [0.25, 0.3) is 0 Å². The summed E-state index contributed by atoms with van der Waals surface area (Å²) in [5.41, 5.74) is 9.25. The highest BCUT2D eigenvalue weighted by Crippen LogP contribution is 2.28. The lowest BCUT2D eigenvalue weighted by molar-refractivity contribution is -0.118. The van der Waals surface area contributed by atoms with Gasteiger partial charge in [-0.25, -0.2) is 8.78 Å². The lowest BCUT2D eigenvalue weighted by atomic mass is 9.88. The second-order valence-electron chi connectivity index (χ2n) is 7.11. The van der Waals surface area contributed by atoms with Crippen LogP contribution in [0.4, 0.5) is 8.78 Å². The molecule has 168 valence electrons. The van der Waals surface area contributed by atoms with Crippen LogP contribution >= 0.6 is 35.1 Å². The van der Waals surface area contributed by atoms with Crippen LogP contribution in [0.5, 0.6) is 0 Å². The molecule has 1 saturated carbocycles. The molecule has 0 aliphatic heterocycles. The van der Waals surface area contributed by atoms with Crippen LogP contribution in [0, 0.1) is 11.6 Å². The van der Waals surface area contributed by atoms with Crippen molar-refractivity contribution in [3.05, 3.63) is 87.1 Å². The van der Waals surface area contributed by atoms with Gasteiger partial charge in [0.1, 0.15) is 11.6 Å². The molecule has 0 atom stereocenters. The molecule has 2 aromatic carbocycles. The Labute approximate surface area is 199 Å². The number of nitrogens with zero attached hydrogens (tertiary/aromatic N) is 1. The molecule has 0 radical (unpaired) electrons. The van der Waals surface area contributed by atoms with Crippen LogP contribution < -0.4 is 10.5 Å². The molecule has 1 amide bonds. The molecular formula is C23H21Cl2F2N3OS. The van der Waals surface area contributed by atoms with E-state index in [-0.39, 0.29) is 17.2 Å². The summed E-state index contributed by atoms with van der Waals surface area (Å²) in [5, 5.41) is 1.09. The predicted octanol–water partition coefficient (Wildman–Crippen LogP) is 6.38. The fraction of sp³-hybridized carbons (Fsp3) is 0.217. The predicted molar refractivity (Wildman–Crippen MR) is 127 cm³/mol. The van der Waals surface area contributed by atoms with Crippen LogP contribution in [0.3, 0.4) is 0 Å². The van der Waals surface area contributed by atoms with Crippen molar-refractivity contribution in [2.24, 2.45) is 10.7 Å². The molecular weight excluding hydrogens is 475 g/mol. The molecule has 0 unspecified atom stereocenters. The van der Waals surface area contributed by atoms with Crippen molar-refractivity contribution >= 4 is 46.8 Å². The quantitative estimate of drug-likeness (QED) is 0.456. The Hall–Kier alpha value is -2.35. The van der Waals surface area contributed by atoms with Crippen molar-refractivity contribution in [1.29, 1.82) is 0 Å². The maximum Gasteiger partial charge on any atom is 0.233 e. The van der Waals surface area contributed by atoms with Crippen molar-refractivity contribution in [2.45, 2.75) is 37.1 Å². The minimum absolute atomic E-state index is 0.0959. The Morgan fingerprint density at radius 2 is 1.84 bits per heavy atom. The Bertz CT molecular complexity index is 1080. The maximum atomic E-state index is 13.3. The number of carbonyl (C=O) groups is 1. The summed E-state index contributed by atoms with van der Waals surface area (Å²) in [4.78, 5) is 17.3. The average Bonchev–Trinajstić information content (AvgIpc) is 2.75. The minimum Gasteiger partial charge on any atom is -0.404 e. The zero-order valence-corrected chi connectivity index (χ0v) is 19.3. The highest BCUT2D eigenvalue weighted by Gasteiger charge is 2.19. The molecule has 4 nitrogen and oxygen atoms in total. The van der Waals surface area contributed by atoms with E-state index in [1.807, 2.05) is 12.1 Å². The van der Waals surface area contributed by atoms with Crippen LogP contribution in [-0.2, 0) is 11.3 Å². The number of hydrogen-bond donors (Lipinski definition) is 2. The maximum absolute atomic E-state index is 13.3. The highest BCUT2D eigenvalue weighted by molar-refractivity contribution is 7.98. The number of benzene rings is 2. The van der Waals surface area contributed by atoms with Gasteiger partial charge in [0.2, 0.25) is 5.91 Å². The second-order valence-corrected chi connectivity index (χ2v) is 8.84. The van der Waals surface area contributed by atoms with Crippen molar-refractivity contribution in [1.82, 2.24) is 4.72 Å². The van der Waals surface area contributed by atoms with Crippen molar-refractivity contribution in [3.8, 4) is 0 Å². The lowest BCUT2D eigenvalue weighted by Gasteiger charge is -2.20. The monoisotopic (exact) mass is 495 g/mol. The number of rotatable bonds is 6. The van der Waals surface area contributed by atoms with Crippen LogP contribution in [-0.4, -0.2) is 11.6 Å². The number of halogens is 4. The van der Waals surface area contributed by atoms with Crippen molar-refractivity contribution < 1.29 is 13.6 Å². The molecule has 0 heterocycles. The first-order valence-electron chi connectivity index (χ1n) is 9.86. The number of carbonyl (C=O) groups excluding carboxylic acids is 1. The van der Waals surface area contributed by atoms with Crippen molar-refractivity contribution in [2.75, 3.05) is 0 Å². The molecule has 0 aromatic heterocycles. The number of aliphatic imine (C=N–C) groups is 1. The van der Waals surface area contributed by atoms with Gasteiger partial charge in [-0.3, -0.25) is 14.5 Å². The minimum atomic E-state index is -0.700. The topological polar surface area (TPSA) is 67.5 Å². The SMILES string of the molecule is N/C=C1/CCC/C(=C\CC(=O)NSc2cc(F)cc(F)c2)C1=NCc1ccc(Cl)cc1Cl. The third kappa shape index (κ3) is 6.82. The summed E-state index contributed by atoms with van der Waals surface area (Å²) in [7, 11) is 0. The largest absolute Gasteiger partial charge is 0.404 e. The number of amides is 1. The van der Waals surface area contributed by atoms with Gasteiger partial charge in [0.15, 0.2) is 0 Å². The molecule has 3 rings (SSSR count). The molecule has 2 aromatic rings. The fourth-order valence-electron chi connectivity index (χ4n) is 3.25. The molecule has 1 fully saturated rings. The zero-order chi connectivity index (χ0) is 23.1. The van der Waals surface area contributed by atoms with E-state index in [1.54, 1.807) is 18.3 Å². The first kappa shape index (κ1) is 24.3. The van der Waals surface area contributed by atoms with E-state index in [0.717, 1.165) is 71.8 Å². The van der Waals surface area contributed by atoms with Crippen LogP contribution in [0.15, 0.2) is 69.7 Å². The van der Waals surface area contributed by atoms with Gasteiger partial charge in [0.05, 0.1) is 12.3 Å². The fourth-order valence-corrected chi connectivity index (χ4v) is 4.38. The van der Waals surface area contributed by atoms with E-state index in [9.17, 15) is 13.6 Å². The van der Waals surface area contributed by atoms with Gasteiger partial charge in [-0.05, 0) is 78.4 Å². The average molecular weight is 496 g/mol. The molecule has 0 spiro atoms. The van der Waals surface area contributed by atoms with E-state index in [4.69, 9.17) is 33.9 Å². The zero-order valence-electron chi connectivity index (χ0n) is 17.0. The number of allylic oxidation sites excluding steroid dienone is 2. The second kappa shape index (κ2) is 11.5. The molecule has 0 bridgehead atoms. The Morgan fingerprint density at radius 3 is 2.53 bits per heavy atom. The van der Waals surface area contributed by atoms with Crippen LogP contribution in [0.2, 0.25) is 10.0 Å². The molecule has 32 heavy (non-hydrogen) atoms. The molecule has 0 saturated heterocycles. The third-order valence-corrected chi connectivity index (χ3v) is 6.17. The smallest absolute Gasteiger partial charge is 0.233 e. The van der Waals surface area contributed by atoms with Crippen molar-refractivity contribution in [3.63, 3.8) is 0 Å². The molecule has 9 heteroatoms. The van der Waals surface area contributed by atoms with Crippen LogP contribution in [0.1, 0.15) is 31.2 Å². The first-order chi connectivity index (χ1) is 15.4. The summed E-state index contributed by atoms with van der Waals surface area (Å²) < 4.78 is 29.1. The molecule has 3 N–H and O–H groups in total. The van der Waals surface area contributed by atoms with Gasteiger partial charge in [-0.2, -0.15) is 0 Å². The summed E-state index contributed by atoms with van der Waals surface area (Å²) >= 11 is 13.1. The lowest BCUT2D eigenvalue weighted by Crippen LogP contribution is -2.18. The Balaban J connectivity index is 1.69. The van der Waals surface area contributed by atoms with Gasteiger partial charge < -0.3 is 5.73 Å². The van der Waals surface area contributed by atoms with Gasteiger partial charge in [0.25, 0.3) is 0 Å². The Kier molecular flexibility index (Phi) is 8.73. The van der Waals surface area contributed by atoms with Gasteiger partial charge >= 0.3 is 0 Å². The highest BCUT2D eigenvalue weighted by atomic mass is 35.5. The summed E-state index contributed by atoms with van der Waals surface area (Å²) in [6.07, 6.45) is 5.91. The van der Waals surface area contributed by atoms with Gasteiger partial charge in [0, 0.05) is 27.4 Å². The molecule has 1 aliphatic carbocycles. The van der Waals surface area contributed by atoms with E-state index in [0.29, 0.717) is 16.6 Å². The van der Waals surface area contributed by atoms with Gasteiger partial charge in [-0.15, -0.1) is 0 Å². The number of nitrogens with two attached hydrogens (primary N) is 1. The summed E-state index contributed by atoms with van der Waals surface area (Å²) in [5.74, 6) is -1.70. The van der Waals surface area contributed by atoms with E-state index in [2.05, 4.69) is 4.72 Å². The normalized spacial score (nSPS) is 17.8. The standard InChI is InChI=1S/C23H21Cl2F2N3OS/c24-17-6-4-16(21(25)8-17)13-29-23-14(2-1-3-15(23)12-28)5-7-22(31)30-32-20-10-18(26)9-19(27)11-20/h4-6,8-12H,1-3,7,13,28H2,(H,30,31)/b14-5+,15-12-,29-23?. The van der Waals surface area contributed by atoms with Gasteiger partial charge in [-0.1, -0.05) is 35.3 Å². The third-order valence-electron chi connectivity index (χ3n) is 4.78.